The van der Waals surface area contributed by atoms with Crippen LogP contribution < -0.4 is 16.5 Å². The van der Waals surface area contributed by atoms with Gasteiger partial charge in [-0.3, -0.25) is 9.79 Å². The number of nitrogen functional groups attached to an aromatic ring is 1. The van der Waals surface area contributed by atoms with Crippen LogP contribution in [-0.4, -0.2) is 24.3 Å². The molecule has 1 aromatic heterocycles. The maximum Gasteiger partial charge on any atom is 0.337 e. The summed E-state index contributed by atoms with van der Waals surface area (Å²) in [7, 11) is 1.64. The monoisotopic (exact) mass is 473 g/mol. The van der Waals surface area contributed by atoms with Gasteiger partial charge < -0.3 is 20.6 Å². The Bertz CT molecular complexity index is 1540. The molecule has 4 N–H and O–H groups in total. The zero-order chi connectivity index (χ0) is 25.3. The number of aliphatic imine (C=N–C) groups is 1. The van der Waals surface area contributed by atoms with Crippen molar-refractivity contribution in [3.63, 3.8) is 0 Å². The number of fused-ring (bicyclic) bond motifs is 1. The fraction of sp³-hybridized carbons (Fsp3) is 0.148. The van der Waals surface area contributed by atoms with Gasteiger partial charge in [0.2, 0.25) is 0 Å². The molecule has 7 nitrogen and oxygen atoms in total. The maximum absolute atomic E-state index is 13.9. The van der Waals surface area contributed by atoms with Crippen LogP contribution in [0, 0.1) is 12.7 Å². The Morgan fingerprint density at radius 3 is 2.66 bits per heavy atom. The number of aromatic carboxylic acids is 1. The number of aryl methyl sites for hydroxylation is 1. The van der Waals surface area contributed by atoms with E-state index in [9.17, 15) is 19.1 Å². The van der Waals surface area contributed by atoms with Crippen molar-refractivity contribution in [3.05, 3.63) is 92.9 Å². The van der Waals surface area contributed by atoms with Crippen LogP contribution in [0.25, 0.3) is 22.3 Å². The van der Waals surface area contributed by atoms with Crippen LogP contribution in [0.4, 0.5) is 15.8 Å². The summed E-state index contributed by atoms with van der Waals surface area (Å²) in [5.74, 6) is -1.40. The molecule has 0 radical (unpaired) electrons. The van der Waals surface area contributed by atoms with E-state index in [1.165, 1.54) is 12.1 Å². The van der Waals surface area contributed by atoms with E-state index in [-0.39, 0.29) is 16.7 Å². The Morgan fingerprint density at radius 2 is 1.94 bits per heavy atom. The minimum atomic E-state index is -1.18. The maximum atomic E-state index is 13.9. The van der Waals surface area contributed by atoms with Crippen molar-refractivity contribution in [3.8, 4) is 11.3 Å². The molecule has 1 atom stereocenters. The molecule has 0 aliphatic carbocycles. The molecule has 0 bridgehead atoms. The number of rotatable bonds is 6. The fourth-order valence-electron chi connectivity index (χ4n) is 4.01. The van der Waals surface area contributed by atoms with Crippen LogP contribution in [0.3, 0.4) is 0 Å². The summed E-state index contributed by atoms with van der Waals surface area (Å²) < 4.78 is 20.1. The van der Waals surface area contributed by atoms with Crippen LogP contribution in [0.2, 0.25) is 0 Å². The van der Waals surface area contributed by atoms with Crippen LogP contribution in [-0.2, 0) is 0 Å². The van der Waals surface area contributed by atoms with Crippen molar-refractivity contribution in [2.75, 3.05) is 18.1 Å². The Morgan fingerprint density at radius 1 is 1.17 bits per heavy atom. The van der Waals surface area contributed by atoms with Gasteiger partial charge in [0.1, 0.15) is 17.2 Å². The number of carbonyl (C=O) groups is 1. The minimum absolute atomic E-state index is 0.0654. The summed E-state index contributed by atoms with van der Waals surface area (Å²) in [6.07, 6.45) is 1.62. The molecule has 0 saturated heterocycles. The number of hydrogen-bond acceptors (Lipinski definition) is 6. The molecule has 0 aliphatic heterocycles. The molecule has 4 rings (SSSR count). The summed E-state index contributed by atoms with van der Waals surface area (Å²) in [6, 6.07) is 13.2. The third-order valence-corrected chi connectivity index (χ3v) is 5.69. The van der Waals surface area contributed by atoms with E-state index in [0.29, 0.717) is 39.1 Å². The highest BCUT2D eigenvalue weighted by molar-refractivity contribution is 5.94. The Balaban J connectivity index is 1.86. The molecule has 1 heterocycles. The van der Waals surface area contributed by atoms with Crippen LogP contribution in [0.15, 0.2) is 68.8 Å². The first-order chi connectivity index (χ1) is 16.7. The van der Waals surface area contributed by atoms with Gasteiger partial charge in [0.25, 0.3) is 0 Å². The SMILES string of the molecule is CN=Cc1cc(-c2cc(=O)c3cc(C)cc(C(C)Nc4cc(F)ccc4C(=O)O)c3o2)ccc1N. The van der Waals surface area contributed by atoms with Crippen molar-refractivity contribution in [2.45, 2.75) is 19.9 Å². The van der Waals surface area contributed by atoms with Gasteiger partial charge in [0.05, 0.1) is 22.7 Å². The van der Waals surface area contributed by atoms with E-state index in [1.54, 1.807) is 44.5 Å². The van der Waals surface area contributed by atoms with Crippen LogP contribution in [0.5, 0.6) is 0 Å². The van der Waals surface area contributed by atoms with Gasteiger partial charge >= 0.3 is 5.97 Å². The van der Waals surface area contributed by atoms with E-state index in [2.05, 4.69) is 10.3 Å². The smallest absolute Gasteiger partial charge is 0.337 e. The zero-order valence-electron chi connectivity index (χ0n) is 19.4. The molecule has 1 unspecified atom stereocenters. The van der Waals surface area contributed by atoms with Gasteiger partial charge in [-0.2, -0.15) is 0 Å². The summed E-state index contributed by atoms with van der Waals surface area (Å²) in [6.45, 7) is 3.64. The number of nitrogens with zero attached hydrogens (tertiary/aromatic N) is 1. The molecule has 35 heavy (non-hydrogen) atoms. The number of benzene rings is 3. The lowest BCUT2D eigenvalue weighted by molar-refractivity contribution is 0.0698. The first-order valence-electron chi connectivity index (χ1n) is 10.9. The van der Waals surface area contributed by atoms with E-state index in [4.69, 9.17) is 10.2 Å². The number of nitrogens with two attached hydrogens (primary N) is 1. The fourth-order valence-corrected chi connectivity index (χ4v) is 4.01. The Hall–Kier alpha value is -4.46. The largest absolute Gasteiger partial charge is 0.478 e. The van der Waals surface area contributed by atoms with Crippen molar-refractivity contribution >= 4 is 34.5 Å². The third kappa shape index (κ3) is 4.77. The highest BCUT2D eigenvalue weighted by Gasteiger charge is 2.19. The molecule has 0 fully saturated rings. The van der Waals surface area contributed by atoms with Gasteiger partial charge in [-0.25, -0.2) is 9.18 Å². The molecule has 178 valence electrons. The van der Waals surface area contributed by atoms with Gasteiger partial charge in [0, 0.05) is 41.7 Å². The molecular formula is C27H24FN3O4. The van der Waals surface area contributed by atoms with Gasteiger partial charge in [-0.05, 0) is 61.9 Å². The number of nitrogens with one attached hydrogen (secondary N) is 1. The number of carboxylic acids is 1. The first-order valence-corrected chi connectivity index (χ1v) is 10.9. The number of halogens is 1. The molecule has 0 aliphatic rings. The lowest BCUT2D eigenvalue weighted by Crippen LogP contribution is -2.13. The van der Waals surface area contributed by atoms with Crippen molar-refractivity contribution in [2.24, 2.45) is 4.99 Å². The standard InChI is InChI=1S/C27H24FN3O4/c1-14-8-20(15(2)31-23-11-18(28)5-6-19(23)27(33)34)26-21(9-14)24(32)12-25(35-26)16-4-7-22(29)17(10-16)13-30-3/h4-13,15,31H,29H2,1-3H3,(H,33,34). The van der Waals surface area contributed by atoms with Crippen LogP contribution in [0.1, 0.15) is 40.0 Å². The Kier molecular flexibility index (Phi) is 6.38. The second-order valence-electron chi connectivity index (χ2n) is 8.30. The van der Waals surface area contributed by atoms with Gasteiger partial charge in [0.15, 0.2) is 5.43 Å². The van der Waals surface area contributed by atoms with Crippen molar-refractivity contribution in [1.82, 2.24) is 0 Å². The molecule has 0 spiro atoms. The lowest BCUT2D eigenvalue weighted by Gasteiger charge is -2.19. The summed E-state index contributed by atoms with van der Waals surface area (Å²) in [4.78, 5) is 28.7. The highest BCUT2D eigenvalue weighted by atomic mass is 19.1. The van der Waals surface area contributed by atoms with Crippen LogP contribution >= 0.6 is 0 Å². The predicted molar refractivity (Wildman–Crippen MR) is 136 cm³/mol. The summed E-state index contributed by atoms with van der Waals surface area (Å²) in [5.41, 5.74) is 9.55. The second kappa shape index (κ2) is 9.42. The van der Waals surface area contributed by atoms with Gasteiger partial charge in [-0.15, -0.1) is 0 Å². The molecular weight excluding hydrogens is 449 g/mol. The normalized spacial score (nSPS) is 12.2. The zero-order valence-corrected chi connectivity index (χ0v) is 19.4. The van der Waals surface area contributed by atoms with Crippen molar-refractivity contribution < 1.29 is 18.7 Å². The number of carboxylic acid groups (broad SMARTS) is 1. The minimum Gasteiger partial charge on any atom is -0.478 e. The van der Waals surface area contributed by atoms with E-state index in [1.807, 2.05) is 13.0 Å². The quantitative estimate of drug-likeness (QED) is 0.255. The second-order valence-corrected chi connectivity index (χ2v) is 8.30. The predicted octanol–water partition coefficient (Wildman–Crippen LogP) is 5.41. The average molecular weight is 474 g/mol. The van der Waals surface area contributed by atoms with E-state index < -0.39 is 17.8 Å². The van der Waals surface area contributed by atoms with Gasteiger partial charge in [-0.1, -0.05) is 6.07 Å². The average Bonchev–Trinajstić information content (AvgIpc) is 2.80. The summed E-state index contributed by atoms with van der Waals surface area (Å²) in [5, 5.41) is 12.9. The summed E-state index contributed by atoms with van der Waals surface area (Å²) >= 11 is 0. The lowest BCUT2D eigenvalue weighted by atomic mass is 10.00. The van der Waals surface area contributed by atoms with E-state index in [0.717, 1.165) is 17.7 Å². The third-order valence-electron chi connectivity index (χ3n) is 5.69. The van der Waals surface area contributed by atoms with Crippen molar-refractivity contribution in [1.29, 1.82) is 0 Å². The van der Waals surface area contributed by atoms with E-state index >= 15 is 0 Å². The molecule has 8 heteroatoms. The number of anilines is 2. The molecule has 0 amide bonds. The molecule has 4 aromatic rings. The number of hydrogen-bond donors (Lipinski definition) is 3. The topological polar surface area (TPSA) is 118 Å². The molecule has 3 aromatic carbocycles. The molecule has 0 saturated carbocycles. The highest BCUT2D eigenvalue weighted by Crippen LogP contribution is 2.32. The first kappa shape index (κ1) is 23.7. The Labute approximate surface area is 200 Å².